The zero-order valence-corrected chi connectivity index (χ0v) is 16.1. The second kappa shape index (κ2) is 7.43. The third-order valence-corrected chi connectivity index (χ3v) is 5.23. The maximum absolute atomic E-state index is 12.4. The normalized spacial score (nSPS) is 13.4. The summed E-state index contributed by atoms with van der Waals surface area (Å²) in [6.45, 7) is 3.47. The van der Waals surface area contributed by atoms with Gasteiger partial charge in [-0.05, 0) is 36.1 Å². The van der Waals surface area contributed by atoms with Crippen LogP contribution in [0.1, 0.15) is 35.6 Å². The topological polar surface area (TPSA) is 93.5 Å². The molecular weight excluding hydrogens is 370 g/mol. The van der Waals surface area contributed by atoms with E-state index < -0.39 is 18.1 Å². The van der Waals surface area contributed by atoms with Crippen LogP contribution >= 0.6 is 0 Å². The Hall–Kier alpha value is -3.61. The predicted octanol–water partition coefficient (Wildman–Crippen LogP) is 4.20. The number of nitrogens with one attached hydrogen (secondary N) is 1. The van der Waals surface area contributed by atoms with Gasteiger partial charge >= 0.3 is 12.1 Å². The third-order valence-electron chi connectivity index (χ3n) is 5.23. The number of anilines is 1. The Labute approximate surface area is 167 Å². The Morgan fingerprint density at radius 2 is 1.72 bits per heavy atom. The molecular formula is C22H21N3O4. The van der Waals surface area contributed by atoms with Gasteiger partial charge in [0.15, 0.2) is 5.82 Å². The minimum atomic E-state index is -1.000. The summed E-state index contributed by atoms with van der Waals surface area (Å²) in [7, 11) is 0. The van der Waals surface area contributed by atoms with Gasteiger partial charge in [0, 0.05) is 17.7 Å². The predicted molar refractivity (Wildman–Crippen MR) is 108 cm³/mol. The van der Waals surface area contributed by atoms with Crippen molar-refractivity contribution in [2.24, 2.45) is 0 Å². The molecule has 0 bridgehead atoms. The van der Waals surface area contributed by atoms with Gasteiger partial charge in [-0.2, -0.15) is 5.10 Å². The van der Waals surface area contributed by atoms with Crippen molar-refractivity contribution in [3.8, 4) is 11.1 Å². The molecule has 1 atom stereocenters. The summed E-state index contributed by atoms with van der Waals surface area (Å²) in [6, 6.07) is 15.4. The lowest BCUT2D eigenvalue weighted by molar-refractivity contribution is -0.140. The Bertz CT molecular complexity index is 1040. The molecule has 2 aromatic carbocycles. The van der Waals surface area contributed by atoms with E-state index in [1.165, 1.54) is 11.6 Å². The number of benzene rings is 2. The quantitative estimate of drug-likeness (QED) is 0.680. The van der Waals surface area contributed by atoms with Crippen LogP contribution < -0.4 is 5.32 Å². The minimum Gasteiger partial charge on any atom is -0.480 e. The first-order chi connectivity index (χ1) is 14.0. The van der Waals surface area contributed by atoms with Gasteiger partial charge < -0.3 is 9.84 Å². The second-order valence-electron chi connectivity index (χ2n) is 7.11. The van der Waals surface area contributed by atoms with Crippen LogP contribution in [-0.4, -0.2) is 33.6 Å². The molecule has 7 heteroatoms. The summed E-state index contributed by atoms with van der Waals surface area (Å²) < 4.78 is 6.80. The summed E-state index contributed by atoms with van der Waals surface area (Å²) in [5.41, 5.74) is 5.25. The molecule has 0 saturated heterocycles. The van der Waals surface area contributed by atoms with Crippen molar-refractivity contribution in [2.45, 2.75) is 25.8 Å². The zero-order chi connectivity index (χ0) is 20.5. The Balaban J connectivity index is 1.46. The van der Waals surface area contributed by atoms with Crippen LogP contribution in [0.2, 0.25) is 0 Å². The van der Waals surface area contributed by atoms with Crippen LogP contribution in [0.3, 0.4) is 0 Å². The van der Waals surface area contributed by atoms with E-state index in [1.54, 1.807) is 13.1 Å². The average Bonchev–Trinajstić information content (AvgIpc) is 3.24. The number of aliphatic carboxylic acids is 1. The first-order valence-corrected chi connectivity index (χ1v) is 9.36. The van der Waals surface area contributed by atoms with Gasteiger partial charge in [0.1, 0.15) is 12.6 Å². The molecule has 1 aromatic heterocycles. The zero-order valence-electron chi connectivity index (χ0n) is 16.1. The van der Waals surface area contributed by atoms with Crippen LogP contribution in [0.15, 0.2) is 54.7 Å². The summed E-state index contributed by atoms with van der Waals surface area (Å²) in [6.07, 6.45) is 0.959. The Morgan fingerprint density at radius 1 is 1.14 bits per heavy atom. The van der Waals surface area contributed by atoms with E-state index in [-0.39, 0.29) is 18.3 Å². The van der Waals surface area contributed by atoms with Crippen molar-refractivity contribution < 1.29 is 19.4 Å². The van der Waals surface area contributed by atoms with Gasteiger partial charge in [-0.15, -0.1) is 0 Å². The molecule has 1 unspecified atom stereocenters. The van der Waals surface area contributed by atoms with Crippen molar-refractivity contribution in [1.29, 1.82) is 0 Å². The molecule has 1 amide bonds. The highest BCUT2D eigenvalue weighted by Crippen LogP contribution is 2.44. The number of carbonyl (C=O) groups is 2. The average molecular weight is 391 g/mol. The molecule has 0 saturated carbocycles. The largest absolute Gasteiger partial charge is 0.480 e. The molecule has 1 aliphatic carbocycles. The Kier molecular flexibility index (Phi) is 4.80. The van der Waals surface area contributed by atoms with Crippen molar-refractivity contribution in [3.05, 3.63) is 71.4 Å². The van der Waals surface area contributed by atoms with Crippen LogP contribution in [-0.2, 0) is 9.53 Å². The van der Waals surface area contributed by atoms with Crippen LogP contribution in [0.4, 0.5) is 10.6 Å². The number of ether oxygens (including phenoxy) is 1. The number of hydrogen-bond donors (Lipinski definition) is 2. The maximum Gasteiger partial charge on any atom is 0.412 e. The number of nitrogens with zero attached hydrogens (tertiary/aromatic N) is 2. The molecule has 4 rings (SSSR count). The Morgan fingerprint density at radius 3 is 2.31 bits per heavy atom. The van der Waals surface area contributed by atoms with E-state index in [9.17, 15) is 9.59 Å². The van der Waals surface area contributed by atoms with E-state index in [0.29, 0.717) is 5.56 Å². The van der Waals surface area contributed by atoms with E-state index >= 15 is 0 Å². The van der Waals surface area contributed by atoms with Gasteiger partial charge in [0.2, 0.25) is 0 Å². The van der Waals surface area contributed by atoms with Crippen molar-refractivity contribution >= 4 is 17.9 Å². The number of hydrogen-bond acceptors (Lipinski definition) is 4. The van der Waals surface area contributed by atoms with Crippen molar-refractivity contribution in [1.82, 2.24) is 9.78 Å². The molecule has 29 heavy (non-hydrogen) atoms. The van der Waals surface area contributed by atoms with Gasteiger partial charge in [0.25, 0.3) is 0 Å². The number of carboxylic acid groups (broad SMARTS) is 1. The number of amides is 1. The SMILES string of the molecule is Cc1cn(C(C)C(=O)O)nc1NC(=O)OCC1c2ccccc2-c2ccccc21. The maximum atomic E-state index is 12.4. The molecule has 0 fully saturated rings. The number of carbonyl (C=O) groups excluding carboxylic acids is 1. The molecule has 1 aliphatic rings. The second-order valence-corrected chi connectivity index (χ2v) is 7.11. The van der Waals surface area contributed by atoms with Gasteiger partial charge in [-0.25, -0.2) is 9.59 Å². The monoisotopic (exact) mass is 391 g/mol. The van der Waals surface area contributed by atoms with E-state index in [1.807, 2.05) is 24.3 Å². The fourth-order valence-electron chi connectivity index (χ4n) is 3.65. The summed E-state index contributed by atoms with van der Waals surface area (Å²) in [5.74, 6) is -0.741. The van der Waals surface area contributed by atoms with Crippen LogP contribution in [0.5, 0.6) is 0 Å². The van der Waals surface area contributed by atoms with E-state index in [2.05, 4.69) is 34.7 Å². The van der Waals surface area contributed by atoms with Gasteiger partial charge in [-0.1, -0.05) is 48.5 Å². The van der Waals surface area contributed by atoms with Crippen molar-refractivity contribution in [3.63, 3.8) is 0 Å². The molecule has 148 valence electrons. The van der Waals surface area contributed by atoms with Crippen molar-refractivity contribution in [2.75, 3.05) is 11.9 Å². The summed E-state index contributed by atoms with van der Waals surface area (Å²) >= 11 is 0. The molecule has 0 spiro atoms. The summed E-state index contributed by atoms with van der Waals surface area (Å²) in [4.78, 5) is 23.5. The number of aromatic nitrogens is 2. The molecule has 0 radical (unpaired) electrons. The minimum absolute atomic E-state index is 0.0289. The van der Waals surface area contributed by atoms with Crippen LogP contribution in [0, 0.1) is 6.92 Å². The fourth-order valence-corrected chi connectivity index (χ4v) is 3.65. The number of rotatable bonds is 5. The molecule has 3 aromatic rings. The number of carboxylic acids is 1. The number of fused-ring (bicyclic) bond motifs is 3. The highest BCUT2D eigenvalue weighted by Gasteiger charge is 2.29. The van der Waals surface area contributed by atoms with E-state index in [0.717, 1.165) is 22.3 Å². The molecule has 2 N–H and O–H groups in total. The van der Waals surface area contributed by atoms with E-state index in [4.69, 9.17) is 9.84 Å². The molecule has 7 nitrogen and oxygen atoms in total. The lowest BCUT2D eigenvalue weighted by Gasteiger charge is -2.14. The fraction of sp³-hybridized carbons (Fsp3) is 0.227. The van der Waals surface area contributed by atoms with Gasteiger partial charge in [-0.3, -0.25) is 10.00 Å². The third kappa shape index (κ3) is 3.47. The summed E-state index contributed by atoms with van der Waals surface area (Å²) in [5, 5.41) is 15.9. The van der Waals surface area contributed by atoms with Crippen LogP contribution in [0.25, 0.3) is 11.1 Å². The van der Waals surface area contributed by atoms with Gasteiger partial charge in [0.05, 0.1) is 0 Å². The lowest BCUT2D eigenvalue weighted by Crippen LogP contribution is -2.19. The first kappa shape index (κ1) is 18.7. The first-order valence-electron chi connectivity index (χ1n) is 9.36. The lowest BCUT2D eigenvalue weighted by atomic mass is 9.98. The number of aryl methyl sites for hydroxylation is 1. The smallest absolute Gasteiger partial charge is 0.412 e. The highest BCUT2D eigenvalue weighted by molar-refractivity contribution is 5.84. The highest BCUT2D eigenvalue weighted by atomic mass is 16.5. The molecule has 1 heterocycles. The molecule has 0 aliphatic heterocycles. The standard InChI is InChI=1S/C22H21N3O4/c1-13-11-25(14(2)21(26)27)24-20(13)23-22(28)29-12-19-17-9-5-3-7-15(17)16-8-4-6-10-18(16)19/h3-11,14,19H,12H2,1-2H3,(H,26,27)(H,23,24,28).